The summed E-state index contributed by atoms with van der Waals surface area (Å²) in [5.74, 6) is -2.54. The van der Waals surface area contributed by atoms with E-state index in [4.69, 9.17) is 16.3 Å². The number of ether oxygens (including phenoxy) is 1. The molecule has 8 nitrogen and oxygen atoms in total. The highest BCUT2D eigenvalue weighted by molar-refractivity contribution is 6.34. The number of fused-ring (bicyclic) bond motifs is 1. The normalized spacial score (nSPS) is 27.2. The van der Waals surface area contributed by atoms with Crippen LogP contribution in [0.2, 0.25) is 5.02 Å². The van der Waals surface area contributed by atoms with Crippen LogP contribution in [0, 0.1) is 18.8 Å². The van der Waals surface area contributed by atoms with Gasteiger partial charge in [0.25, 0.3) is 5.91 Å². The number of benzene rings is 2. The molecule has 3 heterocycles. The van der Waals surface area contributed by atoms with Gasteiger partial charge in [-0.3, -0.25) is 14.4 Å². The fourth-order valence-electron chi connectivity index (χ4n) is 7.64. The molecule has 3 saturated heterocycles. The summed E-state index contributed by atoms with van der Waals surface area (Å²) in [5, 5.41) is 10.4. The minimum atomic E-state index is -1.22. The molecule has 5 rings (SSSR count). The Bertz CT molecular complexity index is 1400. The predicted octanol–water partition coefficient (Wildman–Crippen LogP) is 4.53. The summed E-state index contributed by atoms with van der Waals surface area (Å²) in [6.07, 6.45) is 4.81. The number of hydrogen-bond acceptors (Lipinski definition) is 5. The van der Waals surface area contributed by atoms with Gasteiger partial charge in [0.1, 0.15) is 11.6 Å². The van der Waals surface area contributed by atoms with Crippen LogP contribution in [0.4, 0.5) is 5.69 Å². The Morgan fingerprint density at radius 2 is 1.81 bits per heavy atom. The Kier molecular flexibility index (Phi) is 8.84. The van der Waals surface area contributed by atoms with Crippen molar-refractivity contribution < 1.29 is 24.2 Å². The summed E-state index contributed by atoms with van der Waals surface area (Å²) in [4.78, 5) is 48.3. The fourth-order valence-corrected chi connectivity index (χ4v) is 7.97. The van der Waals surface area contributed by atoms with Crippen molar-refractivity contribution in [2.45, 2.75) is 56.9 Å². The molecule has 1 N–H and O–H groups in total. The first-order chi connectivity index (χ1) is 20.7. The molecular formula is C34H40ClN3O5. The number of amides is 3. The molecule has 3 fully saturated rings. The van der Waals surface area contributed by atoms with Gasteiger partial charge in [0.05, 0.1) is 34.8 Å². The van der Waals surface area contributed by atoms with E-state index in [-0.39, 0.29) is 37.4 Å². The summed E-state index contributed by atoms with van der Waals surface area (Å²) in [6.45, 7) is 12.0. The lowest BCUT2D eigenvalue weighted by molar-refractivity contribution is -0.151. The van der Waals surface area contributed by atoms with Crippen molar-refractivity contribution in [3.05, 3.63) is 90.0 Å². The van der Waals surface area contributed by atoms with E-state index < -0.39 is 29.1 Å². The first-order valence-electron chi connectivity index (χ1n) is 14.9. The van der Waals surface area contributed by atoms with Gasteiger partial charge in [-0.1, -0.05) is 73.1 Å². The van der Waals surface area contributed by atoms with E-state index >= 15 is 0 Å². The third-order valence-corrected chi connectivity index (χ3v) is 9.74. The van der Waals surface area contributed by atoms with E-state index in [9.17, 15) is 19.5 Å². The highest BCUT2D eigenvalue weighted by Gasteiger charge is 2.79. The molecule has 0 radical (unpaired) electrons. The molecule has 228 valence electrons. The molecule has 43 heavy (non-hydrogen) atoms. The van der Waals surface area contributed by atoms with Crippen molar-refractivity contribution in [2.24, 2.45) is 11.8 Å². The van der Waals surface area contributed by atoms with Gasteiger partial charge in [-0.25, -0.2) is 0 Å². The van der Waals surface area contributed by atoms with Crippen LogP contribution in [0.1, 0.15) is 37.3 Å². The Morgan fingerprint density at radius 1 is 1.09 bits per heavy atom. The third kappa shape index (κ3) is 4.99. The topological polar surface area (TPSA) is 90.4 Å². The Hall–Kier alpha value is -3.46. The molecule has 2 aromatic carbocycles. The molecule has 2 bridgehead atoms. The molecule has 5 atom stereocenters. The minimum absolute atomic E-state index is 0.0549. The van der Waals surface area contributed by atoms with Crippen LogP contribution in [0.5, 0.6) is 0 Å². The number of likely N-dealkylation sites (tertiary alicyclic amines) is 1. The molecule has 0 saturated carbocycles. The second-order valence-electron chi connectivity index (χ2n) is 11.7. The van der Waals surface area contributed by atoms with E-state index in [0.717, 1.165) is 11.1 Å². The van der Waals surface area contributed by atoms with Gasteiger partial charge in [-0.2, -0.15) is 0 Å². The molecule has 0 aromatic heterocycles. The van der Waals surface area contributed by atoms with Gasteiger partial charge in [0.15, 0.2) is 0 Å². The summed E-state index contributed by atoms with van der Waals surface area (Å²) in [5.41, 5.74) is 0.188. The summed E-state index contributed by atoms with van der Waals surface area (Å²) in [6, 6.07) is 14.1. The van der Waals surface area contributed by atoms with E-state index in [1.165, 1.54) is 4.90 Å². The zero-order valence-corrected chi connectivity index (χ0v) is 25.6. The van der Waals surface area contributed by atoms with Crippen LogP contribution in [0.15, 0.2) is 73.8 Å². The Balaban J connectivity index is 1.59. The number of aryl methyl sites for hydroxylation is 1. The van der Waals surface area contributed by atoms with Crippen molar-refractivity contribution in [1.82, 2.24) is 9.80 Å². The number of carbonyl (C=O) groups is 3. The van der Waals surface area contributed by atoms with Gasteiger partial charge in [0.2, 0.25) is 11.8 Å². The lowest BCUT2D eigenvalue weighted by Crippen LogP contribution is -2.57. The molecule has 2 unspecified atom stereocenters. The molecular weight excluding hydrogens is 566 g/mol. The van der Waals surface area contributed by atoms with Crippen molar-refractivity contribution in [1.29, 1.82) is 0 Å². The van der Waals surface area contributed by atoms with Crippen LogP contribution in [0.3, 0.4) is 0 Å². The molecule has 3 aliphatic rings. The van der Waals surface area contributed by atoms with Gasteiger partial charge in [0, 0.05) is 26.2 Å². The van der Waals surface area contributed by atoms with Crippen molar-refractivity contribution in [3.8, 4) is 0 Å². The number of aliphatic hydroxyl groups excluding tert-OH is 1. The number of rotatable bonds is 12. The average molecular weight is 606 g/mol. The average Bonchev–Trinajstić information content (AvgIpc) is 3.60. The molecule has 2 aromatic rings. The number of anilines is 1. The second-order valence-corrected chi connectivity index (χ2v) is 12.1. The largest absolute Gasteiger partial charge is 0.395 e. The fraction of sp³-hybridized carbons (Fsp3) is 0.441. The Morgan fingerprint density at radius 3 is 2.44 bits per heavy atom. The number of β-amino-alcohol motifs (C(OH)–C–C–N with tert-alkyl or cyclic N) is 1. The second kappa shape index (κ2) is 12.3. The van der Waals surface area contributed by atoms with Crippen LogP contribution in [-0.2, 0) is 25.7 Å². The van der Waals surface area contributed by atoms with Crippen molar-refractivity contribution in [2.75, 3.05) is 31.1 Å². The van der Waals surface area contributed by atoms with Crippen LogP contribution in [-0.4, -0.2) is 76.1 Å². The summed E-state index contributed by atoms with van der Waals surface area (Å²) < 4.78 is 6.91. The van der Waals surface area contributed by atoms with Crippen LogP contribution < -0.4 is 4.90 Å². The first kappa shape index (κ1) is 31.0. The molecule has 9 heteroatoms. The molecule has 1 spiro atoms. The third-order valence-electron chi connectivity index (χ3n) is 9.44. The standard InChI is InChI=1S/C34H40ClN3O5/c1-5-18-36(22-24-13-9-8-10-14-24)30(40)26-27-31(41)38(20-21-39)29(34(27)17-16-33(26,7-3)43-34)32(42)37(19-6-2)28-23(4)12-11-15-25(28)35/h5-6,8-15,26-27,29,39H,1-2,7,16-22H2,3-4H3/t26-,27-,29?,33+,34?/m0/s1. The van der Waals surface area contributed by atoms with Crippen molar-refractivity contribution >= 4 is 35.0 Å². The van der Waals surface area contributed by atoms with Crippen LogP contribution >= 0.6 is 11.6 Å². The molecule has 0 aliphatic carbocycles. The van der Waals surface area contributed by atoms with Gasteiger partial charge in [-0.05, 0) is 43.4 Å². The predicted molar refractivity (Wildman–Crippen MR) is 166 cm³/mol. The highest BCUT2D eigenvalue weighted by Crippen LogP contribution is 2.64. The zero-order valence-electron chi connectivity index (χ0n) is 24.9. The quantitative estimate of drug-likeness (QED) is 0.359. The number of halogens is 1. The zero-order chi connectivity index (χ0) is 30.9. The highest BCUT2D eigenvalue weighted by atomic mass is 35.5. The monoisotopic (exact) mass is 605 g/mol. The van der Waals surface area contributed by atoms with Crippen LogP contribution in [0.25, 0.3) is 0 Å². The van der Waals surface area contributed by atoms with Gasteiger partial charge < -0.3 is 24.5 Å². The number of aliphatic hydroxyl groups is 1. The molecule has 3 aliphatic heterocycles. The van der Waals surface area contributed by atoms with Gasteiger partial charge in [-0.15, -0.1) is 13.2 Å². The minimum Gasteiger partial charge on any atom is -0.395 e. The number of para-hydroxylation sites is 1. The van der Waals surface area contributed by atoms with E-state index in [0.29, 0.717) is 43.1 Å². The van der Waals surface area contributed by atoms with Gasteiger partial charge >= 0.3 is 0 Å². The maximum atomic E-state index is 14.7. The number of hydrogen-bond donors (Lipinski definition) is 1. The summed E-state index contributed by atoms with van der Waals surface area (Å²) >= 11 is 6.63. The Labute approximate surface area is 258 Å². The maximum absolute atomic E-state index is 14.7. The van der Waals surface area contributed by atoms with Crippen molar-refractivity contribution in [3.63, 3.8) is 0 Å². The number of nitrogens with zero attached hydrogens (tertiary/aromatic N) is 3. The lowest BCUT2D eigenvalue weighted by atomic mass is 9.64. The first-order valence-corrected chi connectivity index (χ1v) is 15.3. The SMILES string of the molecule is C=CCN(Cc1ccccc1)C(=O)[C@@H]1[C@H]2C(=O)N(CCO)C(C(=O)N(CC=C)c3c(C)cccc3Cl)C23CC[C@@]1(CC)O3. The maximum Gasteiger partial charge on any atom is 0.253 e. The van der Waals surface area contributed by atoms with E-state index in [2.05, 4.69) is 13.2 Å². The summed E-state index contributed by atoms with van der Waals surface area (Å²) in [7, 11) is 0. The van der Waals surface area contributed by atoms with E-state index in [1.807, 2.05) is 56.3 Å². The molecule has 3 amide bonds. The smallest absolute Gasteiger partial charge is 0.253 e. The number of carbonyl (C=O) groups excluding carboxylic acids is 3. The van der Waals surface area contributed by atoms with E-state index in [1.54, 1.807) is 28.0 Å². The lowest BCUT2D eigenvalue weighted by Gasteiger charge is -2.37.